The lowest BCUT2D eigenvalue weighted by Gasteiger charge is -2.32. The Morgan fingerprint density at radius 2 is 1.77 bits per heavy atom. The third-order valence-corrected chi connectivity index (χ3v) is 5.34. The Morgan fingerprint density at radius 1 is 1.10 bits per heavy atom. The van der Waals surface area contributed by atoms with E-state index in [-0.39, 0.29) is 0 Å². The number of rotatable bonds is 3. The van der Waals surface area contributed by atoms with Crippen molar-refractivity contribution in [3.05, 3.63) is 41.9 Å². The fraction of sp³-hybridized carbons (Fsp3) is 0.478. The zero-order valence-electron chi connectivity index (χ0n) is 18.9. The van der Waals surface area contributed by atoms with Crippen molar-refractivity contribution in [1.82, 2.24) is 29.5 Å². The van der Waals surface area contributed by atoms with Gasteiger partial charge in [-0.2, -0.15) is 9.78 Å². The van der Waals surface area contributed by atoms with Crippen molar-refractivity contribution in [1.29, 1.82) is 0 Å². The molecule has 1 saturated heterocycles. The van der Waals surface area contributed by atoms with Crippen LogP contribution >= 0.6 is 0 Å². The van der Waals surface area contributed by atoms with Gasteiger partial charge in [0.2, 0.25) is 0 Å². The number of ether oxygens (including phenoxy) is 1. The van der Waals surface area contributed by atoms with Gasteiger partial charge < -0.3 is 9.64 Å². The number of nitrogens with zero attached hydrogens (tertiary/aromatic N) is 6. The van der Waals surface area contributed by atoms with Crippen LogP contribution in [-0.4, -0.2) is 74.5 Å². The number of hydrogen-bond donors (Lipinski definition) is 0. The summed E-state index contributed by atoms with van der Waals surface area (Å²) in [5.74, 6) is 0.629. The fourth-order valence-electron chi connectivity index (χ4n) is 3.67. The van der Waals surface area contributed by atoms with E-state index in [1.54, 1.807) is 6.20 Å². The number of benzene rings is 1. The molecule has 1 aliphatic rings. The largest absolute Gasteiger partial charge is 0.442 e. The summed E-state index contributed by atoms with van der Waals surface area (Å²) in [6.45, 7) is 12.6. The molecule has 0 aliphatic carbocycles. The Hall–Kier alpha value is -2.84. The predicted octanol–water partition coefficient (Wildman–Crippen LogP) is 3.33. The number of fused-ring (bicyclic) bond motifs is 1. The van der Waals surface area contributed by atoms with Crippen molar-refractivity contribution in [3.63, 3.8) is 0 Å². The first-order valence-electron chi connectivity index (χ1n) is 10.7. The molecule has 1 fully saturated rings. The van der Waals surface area contributed by atoms with Crippen LogP contribution in [0.15, 0.2) is 30.5 Å². The van der Waals surface area contributed by atoms with Crippen LogP contribution in [0.3, 0.4) is 0 Å². The Morgan fingerprint density at radius 3 is 2.42 bits per heavy atom. The van der Waals surface area contributed by atoms with E-state index >= 15 is 0 Å². The normalized spacial score (nSPS) is 16.0. The first kappa shape index (κ1) is 21.4. The van der Waals surface area contributed by atoms with Crippen LogP contribution in [-0.2, 0) is 11.3 Å². The summed E-state index contributed by atoms with van der Waals surface area (Å²) in [5.41, 5.74) is 3.38. The highest BCUT2D eigenvalue weighted by atomic mass is 16.6. The Kier molecular flexibility index (Phi) is 5.77. The van der Waals surface area contributed by atoms with E-state index in [1.165, 1.54) is 10.2 Å². The molecule has 0 radical (unpaired) electrons. The molecular weight excluding hydrogens is 392 g/mol. The van der Waals surface area contributed by atoms with Crippen LogP contribution in [0.2, 0.25) is 0 Å². The number of likely N-dealkylation sites (N-methyl/N-ethyl adjacent to an activating group) is 1. The lowest BCUT2D eigenvalue weighted by Crippen LogP contribution is -2.43. The molecule has 164 valence electrons. The van der Waals surface area contributed by atoms with Gasteiger partial charge in [-0.1, -0.05) is 24.3 Å². The Labute approximate surface area is 182 Å². The highest BCUT2D eigenvalue weighted by Gasteiger charge is 2.24. The van der Waals surface area contributed by atoms with Crippen molar-refractivity contribution in [2.24, 2.45) is 0 Å². The van der Waals surface area contributed by atoms with Crippen molar-refractivity contribution in [2.45, 2.75) is 39.8 Å². The third-order valence-electron chi connectivity index (χ3n) is 5.34. The molecule has 0 N–H and O–H groups in total. The molecule has 2 aromatic heterocycles. The lowest BCUT2D eigenvalue weighted by molar-refractivity contribution is 0.0523. The molecule has 1 aromatic carbocycles. The molecule has 0 spiro atoms. The number of aryl methyl sites for hydroxylation is 1. The molecule has 8 nitrogen and oxygen atoms in total. The second kappa shape index (κ2) is 8.36. The average molecular weight is 423 g/mol. The summed E-state index contributed by atoms with van der Waals surface area (Å²) in [6.07, 6.45) is 1.09. The van der Waals surface area contributed by atoms with E-state index < -0.39 is 11.7 Å². The van der Waals surface area contributed by atoms with E-state index in [4.69, 9.17) is 4.74 Å². The van der Waals surface area contributed by atoms with E-state index in [9.17, 15) is 4.79 Å². The molecule has 0 unspecified atom stereocenters. The zero-order valence-corrected chi connectivity index (χ0v) is 18.9. The minimum absolute atomic E-state index is 0.538. The number of carbonyl (C=O) groups excluding carboxylic acids is 1. The maximum atomic E-state index is 12.7. The van der Waals surface area contributed by atoms with E-state index in [1.807, 2.05) is 39.8 Å². The minimum Gasteiger partial charge on any atom is -0.442 e. The second-order valence-electron chi connectivity index (χ2n) is 9.17. The van der Waals surface area contributed by atoms with Gasteiger partial charge >= 0.3 is 6.09 Å². The van der Waals surface area contributed by atoms with Crippen LogP contribution in [0.5, 0.6) is 0 Å². The minimum atomic E-state index is -0.619. The maximum Gasteiger partial charge on any atom is 0.435 e. The molecule has 3 heterocycles. The van der Waals surface area contributed by atoms with Gasteiger partial charge in [-0.05, 0) is 40.3 Å². The molecule has 0 amide bonds. The smallest absolute Gasteiger partial charge is 0.435 e. The van der Waals surface area contributed by atoms with Crippen LogP contribution in [0, 0.1) is 6.92 Å². The van der Waals surface area contributed by atoms with Crippen molar-refractivity contribution >= 4 is 17.1 Å². The van der Waals surface area contributed by atoms with Crippen LogP contribution in [0.1, 0.15) is 32.2 Å². The third kappa shape index (κ3) is 4.91. The first-order valence-corrected chi connectivity index (χ1v) is 10.7. The maximum absolute atomic E-state index is 12.7. The molecule has 1 aliphatic heterocycles. The number of carbonyl (C=O) groups is 1. The number of piperazine rings is 1. The topological polar surface area (TPSA) is 76.4 Å². The summed E-state index contributed by atoms with van der Waals surface area (Å²) in [5, 5.41) is 4.56. The van der Waals surface area contributed by atoms with Gasteiger partial charge in [-0.15, -0.1) is 0 Å². The molecule has 0 atom stereocenters. The molecule has 8 heteroatoms. The van der Waals surface area contributed by atoms with Crippen molar-refractivity contribution in [2.75, 3.05) is 33.2 Å². The highest BCUT2D eigenvalue weighted by Crippen LogP contribution is 2.27. The van der Waals surface area contributed by atoms with Gasteiger partial charge in [0.1, 0.15) is 28.2 Å². The van der Waals surface area contributed by atoms with Gasteiger partial charge in [0.15, 0.2) is 0 Å². The lowest BCUT2D eigenvalue weighted by atomic mass is 10.1. The van der Waals surface area contributed by atoms with Gasteiger partial charge in [0.25, 0.3) is 0 Å². The summed E-state index contributed by atoms with van der Waals surface area (Å²) < 4.78 is 6.78. The predicted molar refractivity (Wildman–Crippen MR) is 120 cm³/mol. The van der Waals surface area contributed by atoms with E-state index in [2.05, 4.69) is 44.0 Å². The average Bonchev–Trinajstić information content (AvgIpc) is 3.08. The monoisotopic (exact) mass is 422 g/mol. The summed E-state index contributed by atoms with van der Waals surface area (Å²) in [7, 11) is 2.16. The SMILES string of the molecule is Cc1ncc2c(n1)c(-c1ccc(CN3CCN(C)CC3)cc1)nn2C(=O)OC(C)(C)C. The summed E-state index contributed by atoms with van der Waals surface area (Å²) in [4.78, 5) is 26.4. The molecular formula is C23H30N6O2. The van der Waals surface area contributed by atoms with Gasteiger partial charge in [-0.25, -0.2) is 14.8 Å². The fourth-order valence-corrected chi connectivity index (χ4v) is 3.67. The van der Waals surface area contributed by atoms with E-state index in [0.29, 0.717) is 22.6 Å². The van der Waals surface area contributed by atoms with Crippen LogP contribution in [0.25, 0.3) is 22.3 Å². The summed E-state index contributed by atoms with van der Waals surface area (Å²) >= 11 is 0. The Bertz CT molecular complexity index is 1080. The summed E-state index contributed by atoms with van der Waals surface area (Å²) in [6, 6.07) is 8.34. The highest BCUT2D eigenvalue weighted by molar-refractivity contribution is 5.94. The van der Waals surface area contributed by atoms with Gasteiger partial charge in [0, 0.05) is 38.3 Å². The molecule has 3 aromatic rings. The molecule has 4 rings (SSSR count). The van der Waals surface area contributed by atoms with Crippen molar-refractivity contribution in [3.8, 4) is 11.3 Å². The standard InChI is InChI=1S/C23H30N6O2/c1-16-24-14-19-21(25-16)20(26-29(19)22(30)31-23(2,3)4)18-8-6-17(7-9-18)15-28-12-10-27(5)11-13-28/h6-9,14H,10-13,15H2,1-5H3. The molecule has 31 heavy (non-hydrogen) atoms. The van der Waals surface area contributed by atoms with E-state index in [0.717, 1.165) is 38.3 Å². The Balaban J connectivity index is 1.63. The van der Waals surface area contributed by atoms with Crippen LogP contribution in [0.4, 0.5) is 4.79 Å². The molecule has 0 saturated carbocycles. The van der Waals surface area contributed by atoms with Crippen LogP contribution < -0.4 is 0 Å². The quantitative estimate of drug-likeness (QED) is 0.641. The second-order valence-corrected chi connectivity index (χ2v) is 9.17. The number of aromatic nitrogens is 4. The molecule has 0 bridgehead atoms. The van der Waals surface area contributed by atoms with Crippen molar-refractivity contribution < 1.29 is 9.53 Å². The number of hydrogen-bond acceptors (Lipinski definition) is 7. The van der Waals surface area contributed by atoms with Gasteiger partial charge in [0.05, 0.1) is 6.20 Å². The zero-order chi connectivity index (χ0) is 22.2. The first-order chi connectivity index (χ1) is 14.7. The van der Waals surface area contributed by atoms with Gasteiger partial charge in [-0.3, -0.25) is 4.90 Å².